The van der Waals surface area contributed by atoms with Gasteiger partial charge in [0.15, 0.2) is 0 Å². The molecule has 0 aromatic carbocycles. The third kappa shape index (κ3) is 1.77. The Labute approximate surface area is 113 Å². The van der Waals surface area contributed by atoms with Gasteiger partial charge in [-0.1, -0.05) is 20.4 Å². The fourth-order valence-corrected chi connectivity index (χ4v) is 4.33. The van der Waals surface area contributed by atoms with Gasteiger partial charge in [0.25, 0.3) is 0 Å². The highest BCUT2D eigenvalue weighted by Crippen LogP contribution is 2.52. The second-order valence-corrected chi connectivity index (χ2v) is 6.53. The lowest BCUT2D eigenvalue weighted by molar-refractivity contribution is -0.146. The molecule has 1 saturated heterocycles. The molecule has 2 aliphatic carbocycles. The molecule has 3 aliphatic rings. The molecular weight excluding hydrogens is 244 g/mol. The summed E-state index contributed by atoms with van der Waals surface area (Å²) in [6, 6.07) is 0. The van der Waals surface area contributed by atoms with Gasteiger partial charge in [-0.3, -0.25) is 4.79 Å². The summed E-state index contributed by atoms with van der Waals surface area (Å²) in [7, 11) is 0. The zero-order chi connectivity index (χ0) is 13.9. The van der Waals surface area contributed by atoms with E-state index in [1.165, 1.54) is 0 Å². The molecule has 2 saturated carbocycles. The Balaban J connectivity index is 2.00. The monoisotopic (exact) mass is 266 g/mol. The van der Waals surface area contributed by atoms with Crippen molar-refractivity contribution in [2.75, 3.05) is 0 Å². The van der Waals surface area contributed by atoms with Crippen LogP contribution in [0.15, 0.2) is 12.2 Å². The largest absolute Gasteiger partial charge is 0.461 e. The number of carbonyl (C=O) groups is 1. The summed E-state index contributed by atoms with van der Waals surface area (Å²) < 4.78 is 5.58. The highest BCUT2D eigenvalue weighted by Gasteiger charge is 2.56. The van der Waals surface area contributed by atoms with Crippen LogP contribution in [0.2, 0.25) is 0 Å². The van der Waals surface area contributed by atoms with E-state index in [1.54, 1.807) is 0 Å². The first-order valence-electron chi connectivity index (χ1n) is 7.17. The number of ether oxygens (including phenoxy) is 1. The number of rotatable bonds is 0. The van der Waals surface area contributed by atoms with Crippen molar-refractivity contribution < 1.29 is 19.7 Å². The van der Waals surface area contributed by atoms with Crippen LogP contribution in [0.3, 0.4) is 0 Å². The highest BCUT2D eigenvalue weighted by molar-refractivity contribution is 5.75. The van der Waals surface area contributed by atoms with Crippen LogP contribution in [0.5, 0.6) is 0 Å². The molecule has 1 aliphatic heterocycles. The molecule has 0 radical (unpaired) electrons. The Morgan fingerprint density at radius 2 is 1.95 bits per heavy atom. The molecule has 4 nitrogen and oxygen atoms in total. The summed E-state index contributed by atoms with van der Waals surface area (Å²) >= 11 is 0. The standard InChI is InChI=1S/C15H22O4/c1-6-9-4-12(17)8(3)13(9)14-10(5-11(6)16)7(2)15(18)19-14/h7-14,16-17H,1,4-5H2,2-3H3. The zero-order valence-corrected chi connectivity index (χ0v) is 11.5. The Morgan fingerprint density at radius 1 is 1.26 bits per heavy atom. The topological polar surface area (TPSA) is 66.8 Å². The molecular formula is C15H22O4. The molecule has 2 N–H and O–H groups in total. The maximum absolute atomic E-state index is 11.8. The summed E-state index contributed by atoms with van der Waals surface area (Å²) in [5, 5.41) is 20.4. The van der Waals surface area contributed by atoms with Crippen LogP contribution < -0.4 is 0 Å². The molecule has 0 aromatic rings. The van der Waals surface area contributed by atoms with Crippen LogP contribution >= 0.6 is 0 Å². The summed E-state index contributed by atoms with van der Waals surface area (Å²) in [4.78, 5) is 11.8. The Morgan fingerprint density at radius 3 is 2.63 bits per heavy atom. The quantitative estimate of drug-likeness (QED) is 0.509. The first-order valence-corrected chi connectivity index (χ1v) is 7.17. The third-order valence-electron chi connectivity index (χ3n) is 5.64. The van der Waals surface area contributed by atoms with Crippen molar-refractivity contribution in [1.82, 2.24) is 0 Å². The number of aliphatic hydroxyl groups excluding tert-OH is 2. The van der Waals surface area contributed by atoms with Gasteiger partial charge in [-0.2, -0.15) is 0 Å². The van der Waals surface area contributed by atoms with Gasteiger partial charge in [-0.25, -0.2) is 0 Å². The van der Waals surface area contributed by atoms with Gasteiger partial charge in [-0.15, -0.1) is 0 Å². The van der Waals surface area contributed by atoms with Crippen LogP contribution in [-0.2, 0) is 9.53 Å². The van der Waals surface area contributed by atoms with Crippen molar-refractivity contribution in [2.45, 2.75) is 45.0 Å². The van der Waals surface area contributed by atoms with Gasteiger partial charge in [0.1, 0.15) is 6.10 Å². The molecule has 106 valence electrons. The highest BCUT2D eigenvalue weighted by atomic mass is 16.6. The molecule has 1 heterocycles. The maximum atomic E-state index is 11.8. The summed E-state index contributed by atoms with van der Waals surface area (Å²) in [5.74, 6) is -0.0514. The zero-order valence-electron chi connectivity index (χ0n) is 11.5. The van der Waals surface area contributed by atoms with E-state index >= 15 is 0 Å². The summed E-state index contributed by atoms with van der Waals surface area (Å²) in [5.41, 5.74) is 0.811. The summed E-state index contributed by atoms with van der Waals surface area (Å²) in [6.45, 7) is 7.92. The minimum absolute atomic E-state index is 0.0435. The average molecular weight is 266 g/mol. The lowest BCUT2D eigenvalue weighted by Crippen LogP contribution is -2.33. The molecule has 0 aromatic heterocycles. The SMILES string of the molecule is C=C1C(O)CC2C(C)C(=O)OC2C2C1CC(O)C2C. The van der Waals surface area contributed by atoms with Crippen LogP contribution in [-0.4, -0.2) is 34.5 Å². The molecule has 8 atom stereocenters. The lowest BCUT2D eigenvalue weighted by atomic mass is 9.78. The van der Waals surface area contributed by atoms with Crippen LogP contribution in [0.4, 0.5) is 0 Å². The Kier molecular flexibility index (Phi) is 2.98. The third-order valence-corrected chi connectivity index (χ3v) is 5.64. The Hall–Kier alpha value is -0.870. The van der Waals surface area contributed by atoms with Crippen molar-refractivity contribution in [1.29, 1.82) is 0 Å². The first kappa shape index (κ1) is 13.1. The molecule has 8 unspecified atom stereocenters. The fourth-order valence-electron chi connectivity index (χ4n) is 4.33. The van der Waals surface area contributed by atoms with Crippen LogP contribution in [0.25, 0.3) is 0 Å². The van der Waals surface area contributed by atoms with Crippen molar-refractivity contribution in [3.63, 3.8) is 0 Å². The minimum atomic E-state index is -0.586. The van der Waals surface area contributed by atoms with E-state index in [1.807, 2.05) is 13.8 Å². The van der Waals surface area contributed by atoms with E-state index in [0.717, 1.165) is 5.57 Å². The van der Waals surface area contributed by atoms with E-state index in [2.05, 4.69) is 6.58 Å². The van der Waals surface area contributed by atoms with Crippen molar-refractivity contribution in [3.05, 3.63) is 12.2 Å². The number of fused-ring (bicyclic) bond motifs is 3. The second-order valence-electron chi connectivity index (χ2n) is 6.53. The van der Waals surface area contributed by atoms with E-state index in [-0.39, 0.29) is 41.7 Å². The number of aliphatic hydroxyl groups is 2. The molecule has 3 rings (SSSR count). The molecule has 0 bridgehead atoms. The molecule has 3 fully saturated rings. The van der Waals surface area contributed by atoms with Gasteiger partial charge in [-0.05, 0) is 30.3 Å². The van der Waals surface area contributed by atoms with E-state index < -0.39 is 12.2 Å². The second kappa shape index (κ2) is 4.32. The number of carbonyl (C=O) groups excluding carboxylic acids is 1. The van der Waals surface area contributed by atoms with Crippen molar-refractivity contribution in [3.8, 4) is 0 Å². The molecule has 19 heavy (non-hydrogen) atoms. The first-order chi connectivity index (χ1) is 8.91. The van der Waals surface area contributed by atoms with Crippen molar-refractivity contribution >= 4 is 5.97 Å². The van der Waals surface area contributed by atoms with Gasteiger partial charge in [0.05, 0.1) is 18.1 Å². The molecule has 4 heteroatoms. The lowest BCUT2D eigenvalue weighted by Gasteiger charge is -2.29. The van der Waals surface area contributed by atoms with Crippen molar-refractivity contribution in [2.24, 2.45) is 29.6 Å². The Bertz CT molecular complexity index is 418. The normalized spacial score (nSPS) is 53.5. The van der Waals surface area contributed by atoms with E-state index in [9.17, 15) is 15.0 Å². The number of esters is 1. The predicted octanol–water partition coefficient (Wildman–Crippen LogP) is 1.12. The number of hydrogen-bond donors (Lipinski definition) is 2. The van der Waals surface area contributed by atoms with E-state index in [0.29, 0.717) is 12.8 Å². The summed E-state index contributed by atoms with van der Waals surface area (Å²) in [6.07, 6.45) is 0.0149. The van der Waals surface area contributed by atoms with Crippen LogP contribution in [0.1, 0.15) is 26.7 Å². The minimum Gasteiger partial charge on any atom is -0.461 e. The van der Waals surface area contributed by atoms with Gasteiger partial charge in [0, 0.05) is 11.8 Å². The predicted molar refractivity (Wildman–Crippen MR) is 69.1 cm³/mol. The van der Waals surface area contributed by atoms with Gasteiger partial charge >= 0.3 is 5.97 Å². The van der Waals surface area contributed by atoms with E-state index in [4.69, 9.17) is 4.74 Å². The smallest absolute Gasteiger partial charge is 0.309 e. The van der Waals surface area contributed by atoms with Gasteiger partial charge in [0.2, 0.25) is 0 Å². The average Bonchev–Trinajstić information content (AvgIpc) is 2.77. The molecule has 0 amide bonds. The fraction of sp³-hybridized carbons (Fsp3) is 0.800. The molecule has 0 spiro atoms. The van der Waals surface area contributed by atoms with Gasteiger partial charge < -0.3 is 14.9 Å². The van der Waals surface area contributed by atoms with Crippen LogP contribution in [0, 0.1) is 29.6 Å². The number of hydrogen-bond acceptors (Lipinski definition) is 4. The maximum Gasteiger partial charge on any atom is 0.309 e.